The van der Waals surface area contributed by atoms with Gasteiger partial charge in [-0.3, -0.25) is 0 Å². The molecule has 1 aliphatic rings. The lowest BCUT2D eigenvalue weighted by molar-refractivity contribution is 0.395. The minimum atomic E-state index is 0.592. The summed E-state index contributed by atoms with van der Waals surface area (Å²) < 4.78 is 0. The van der Waals surface area contributed by atoms with Crippen LogP contribution in [0.15, 0.2) is 36.9 Å². The third-order valence-corrected chi connectivity index (χ3v) is 3.95. The van der Waals surface area contributed by atoms with Crippen molar-refractivity contribution >= 4 is 0 Å². The first-order valence-corrected chi connectivity index (χ1v) is 6.72. The number of hydrogen-bond donors (Lipinski definition) is 1. The summed E-state index contributed by atoms with van der Waals surface area (Å²) in [6, 6.07) is 9.55. The van der Waals surface area contributed by atoms with E-state index in [0.717, 1.165) is 6.42 Å². The van der Waals surface area contributed by atoms with Crippen molar-refractivity contribution < 1.29 is 0 Å². The Kier molecular flexibility index (Phi) is 4.38. The zero-order valence-electron chi connectivity index (χ0n) is 10.8. The molecule has 2 rings (SSSR count). The van der Waals surface area contributed by atoms with E-state index in [0.29, 0.717) is 12.0 Å². The predicted molar refractivity (Wildman–Crippen MR) is 74.4 cm³/mol. The molecular weight excluding hydrogens is 206 g/mol. The van der Waals surface area contributed by atoms with E-state index < -0.39 is 0 Å². The number of allylic oxidation sites excluding steroid dienone is 1. The minimum Gasteiger partial charge on any atom is -0.316 e. The summed E-state index contributed by atoms with van der Waals surface area (Å²) >= 11 is 0. The van der Waals surface area contributed by atoms with Crippen molar-refractivity contribution in [3.05, 3.63) is 48.0 Å². The monoisotopic (exact) mass is 229 g/mol. The van der Waals surface area contributed by atoms with Crippen LogP contribution in [0.1, 0.15) is 42.7 Å². The van der Waals surface area contributed by atoms with Gasteiger partial charge in [-0.05, 0) is 56.2 Å². The second-order valence-electron chi connectivity index (χ2n) is 4.96. The van der Waals surface area contributed by atoms with E-state index in [-0.39, 0.29) is 0 Å². The van der Waals surface area contributed by atoms with Gasteiger partial charge >= 0.3 is 0 Å². The Labute approximate surface area is 105 Å². The molecule has 0 heterocycles. The number of fused-ring (bicyclic) bond motifs is 1. The number of hydrogen-bond acceptors (Lipinski definition) is 1. The highest BCUT2D eigenvalue weighted by Gasteiger charge is 2.25. The average Bonchev–Trinajstić information content (AvgIpc) is 2.40. The maximum atomic E-state index is 3.83. The second kappa shape index (κ2) is 6.02. The lowest BCUT2D eigenvalue weighted by Crippen LogP contribution is -2.34. The molecule has 1 aromatic rings. The van der Waals surface area contributed by atoms with E-state index in [1.165, 1.54) is 25.7 Å². The number of likely N-dealkylation sites (N-methyl/N-ethyl adjacent to an activating group) is 1. The van der Waals surface area contributed by atoms with E-state index in [1.54, 1.807) is 11.1 Å². The van der Waals surface area contributed by atoms with E-state index in [4.69, 9.17) is 0 Å². The predicted octanol–water partition coefficient (Wildman–Crippen LogP) is 3.66. The Hall–Kier alpha value is -1.08. The molecule has 0 radical (unpaired) electrons. The summed E-state index contributed by atoms with van der Waals surface area (Å²) in [4.78, 5) is 0. The van der Waals surface area contributed by atoms with Gasteiger partial charge in [0, 0.05) is 6.04 Å². The van der Waals surface area contributed by atoms with Crippen LogP contribution in [0.5, 0.6) is 0 Å². The van der Waals surface area contributed by atoms with Crippen LogP contribution in [0.4, 0.5) is 0 Å². The van der Waals surface area contributed by atoms with Crippen LogP contribution >= 0.6 is 0 Å². The van der Waals surface area contributed by atoms with Crippen molar-refractivity contribution in [2.45, 2.75) is 44.1 Å². The van der Waals surface area contributed by atoms with Gasteiger partial charge in [0.05, 0.1) is 0 Å². The SMILES string of the molecule is C=CCCC(NC)C1CCCc2ccccc21. The first-order chi connectivity index (χ1) is 8.36. The van der Waals surface area contributed by atoms with Gasteiger partial charge < -0.3 is 5.32 Å². The van der Waals surface area contributed by atoms with Crippen molar-refractivity contribution in [1.82, 2.24) is 5.32 Å². The van der Waals surface area contributed by atoms with Crippen molar-refractivity contribution in [2.75, 3.05) is 7.05 Å². The van der Waals surface area contributed by atoms with Crippen molar-refractivity contribution in [2.24, 2.45) is 0 Å². The molecule has 0 aliphatic heterocycles. The van der Waals surface area contributed by atoms with E-state index in [9.17, 15) is 0 Å². The molecule has 92 valence electrons. The van der Waals surface area contributed by atoms with Gasteiger partial charge in [0.2, 0.25) is 0 Å². The molecule has 0 spiro atoms. The van der Waals surface area contributed by atoms with Crippen LogP contribution in [0.2, 0.25) is 0 Å². The molecule has 0 bridgehead atoms. The zero-order chi connectivity index (χ0) is 12.1. The molecule has 0 saturated heterocycles. The Morgan fingerprint density at radius 2 is 2.29 bits per heavy atom. The summed E-state index contributed by atoms with van der Waals surface area (Å²) in [7, 11) is 2.09. The fourth-order valence-corrected chi connectivity index (χ4v) is 3.05. The zero-order valence-corrected chi connectivity index (χ0v) is 10.8. The number of benzene rings is 1. The van der Waals surface area contributed by atoms with Crippen molar-refractivity contribution in [1.29, 1.82) is 0 Å². The fourth-order valence-electron chi connectivity index (χ4n) is 3.05. The van der Waals surface area contributed by atoms with Crippen molar-refractivity contribution in [3.8, 4) is 0 Å². The number of aryl methyl sites for hydroxylation is 1. The molecular formula is C16H23N. The highest BCUT2D eigenvalue weighted by molar-refractivity contribution is 5.33. The highest BCUT2D eigenvalue weighted by Crippen LogP contribution is 2.35. The molecule has 1 aliphatic carbocycles. The maximum absolute atomic E-state index is 3.83. The molecule has 0 amide bonds. The van der Waals surface area contributed by atoms with Gasteiger partial charge in [0.25, 0.3) is 0 Å². The number of rotatable bonds is 5. The lowest BCUT2D eigenvalue weighted by Gasteiger charge is -2.32. The third-order valence-electron chi connectivity index (χ3n) is 3.95. The quantitative estimate of drug-likeness (QED) is 0.760. The maximum Gasteiger partial charge on any atom is 0.0136 e. The first-order valence-electron chi connectivity index (χ1n) is 6.72. The van der Waals surface area contributed by atoms with Crippen LogP contribution in [0.3, 0.4) is 0 Å². The van der Waals surface area contributed by atoms with Gasteiger partial charge in [-0.15, -0.1) is 6.58 Å². The molecule has 1 heteroatoms. The van der Waals surface area contributed by atoms with Crippen LogP contribution < -0.4 is 5.32 Å². The molecule has 1 aromatic carbocycles. The number of nitrogens with one attached hydrogen (secondary N) is 1. The van der Waals surface area contributed by atoms with E-state index in [2.05, 4.69) is 43.2 Å². The van der Waals surface area contributed by atoms with E-state index >= 15 is 0 Å². The molecule has 1 nitrogen and oxygen atoms in total. The second-order valence-corrected chi connectivity index (χ2v) is 4.96. The highest BCUT2D eigenvalue weighted by atomic mass is 14.9. The summed E-state index contributed by atoms with van der Waals surface area (Å²) in [6.07, 6.45) is 8.22. The fraction of sp³-hybridized carbons (Fsp3) is 0.500. The average molecular weight is 229 g/mol. The van der Waals surface area contributed by atoms with Gasteiger partial charge in [-0.2, -0.15) is 0 Å². The lowest BCUT2D eigenvalue weighted by atomic mass is 9.77. The molecule has 2 atom stereocenters. The molecule has 0 saturated carbocycles. The smallest absolute Gasteiger partial charge is 0.0136 e. The van der Waals surface area contributed by atoms with Crippen molar-refractivity contribution in [3.63, 3.8) is 0 Å². The molecule has 17 heavy (non-hydrogen) atoms. The van der Waals surface area contributed by atoms with Gasteiger partial charge in [0.15, 0.2) is 0 Å². The topological polar surface area (TPSA) is 12.0 Å². The summed E-state index contributed by atoms with van der Waals surface area (Å²) in [6.45, 7) is 3.83. The summed E-state index contributed by atoms with van der Waals surface area (Å²) in [5.74, 6) is 0.685. The van der Waals surface area contributed by atoms with Gasteiger partial charge in [-0.25, -0.2) is 0 Å². The summed E-state index contributed by atoms with van der Waals surface area (Å²) in [5.41, 5.74) is 3.13. The Balaban J connectivity index is 2.18. The first kappa shape index (κ1) is 12.4. The van der Waals surface area contributed by atoms with Gasteiger partial charge in [0.1, 0.15) is 0 Å². The molecule has 1 N–H and O–H groups in total. The Bertz CT molecular complexity index is 370. The van der Waals surface area contributed by atoms with Crippen LogP contribution in [0, 0.1) is 0 Å². The Morgan fingerprint density at radius 1 is 1.47 bits per heavy atom. The third kappa shape index (κ3) is 2.78. The normalized spacial score (nSPS) is 20.6. The van der Waals surface area contributed by atoms with E-state index in [1.807, 2.05) is 6.08 Å². The van der Waals surface area contributed by atoms with Crippen LogP contribution in [0.25, 0.3) is 0 Å². The summed E-state index contributed by atoms with van der Waals surface area (Å²) in [5, 5.41) is 3.50. The van der Waals surface area contributed by atoms with Gasteiger partial charge in [-0.1, -0.05) is 30.3 Å². The standard InChI is InChI=1S/C16H23N/c1-3-4-12-16(17-2)15-11-7-9-13-8-5-6-10-14(13)15/h3,5-6,8,10,15-17H,1,4,7,9,11-12H2,2H3. The largest absolute Gasteiger partial charge is 0.316 e. The molecule has 2 unspecified atom stereocenters. The van der Waals surface area contributed by atoms with Crippen LogP contribution in [-0.2, 0) is 6.42 Å². The van der Waals surface area contributed by atoms with Crippen LogP contribution in [-0.4, -0.2) is 13.1 Å². The minimum absolute atomic E-state index is 0.592. The molecule has 0 aromatic heterocycles. The molecule has 0 fully saturated rings. The Morgan fingerprint density at radius 3 is 3.06 bits per heavy atom.